The Morgan fingerprint density at radius 1 is 1.31 bits per heavy atom. The van der Waals surface area contributed by atoms with Crippen LogP contribution in [0.4, 0.5) is 4.39 Å². The third-order valence-corrected chi connectivity index (χ3v) is 4.52. The lowest BCUT2D eigenvalue weighted by molar-refractivity contribution is -0.0949. The van der Waals surface area contributed by atoms with Crippen LogP contribution in [0.3, 0.4) is 0 Å². The first kappa shape index (κ1) is 9.65. The van der Waals surface area contributed by atoms with Crippen molar-refractivity contribution in [1.82, 2.24) is 4.90 Å². The average molecular weight is 201 g/mol. The lowest BCUT2D eigenvalue weighted by atomic mass is 9.63. The molecule has 2 aliphatic rings. The number of hydrogen-bond acceptors (Lipinski definition) is 1. The Kier molecular flexibility index (Phi) is 2.08. The van der Waals surface area contributed by atoms with E-state index >= 15 is 0 Å². The van der Waals surface area contributed by atoms with Gasteiger partial charge < -0.3 is 4.90 Å². The van der Waals surface area contributed by atoms with Crippen LogP contribution in [0.25, 0.3) is 0 Å². The molecule has 0 amide bonds. The molecule has 1 spiro atoms. The molecule has 13 heavy (non-hydrogen) atoms. The molecule has 1 aliphatic heterocycles. The lowest BCUT2D eigenvalue weighted by Gasteiger charge is -2.58. The predicted octanol–water partition coefficient (Wildman–Crippen LogP) is 2.30. The fourth-order valence-corrected chi connectivity index (χ4v) is 4.39. The van der Waals surface area contributed by atoms with Crippen LogP contribution >= 0.6 is 0 Å². The van der Waals surface area contributed by atoms with Crippen LogP contribution in [0.1, 0.15) is 12.8 Å². The van der Waals surface area contributed by atoms with Crippen molar-refractivity contribution in [3.05, 3.63) is 0 Å². The molecule has 0 unspecified atom stereocenters. The van der Waals surface area contributed by atoms with E-state index in [9.17, 15) is 4.39 Å². The molecule has 0 N–H and O–H groups in total. The topological polar surface area (TPSA) is 3.24 Å². The maximum Gasteiger partial charge on any atom is 0.101 e. The number of hydrogen-bond donors (Lipinski definition) is 0. The number of alkyl halides is 1. The van der Waals surface area contributed by atoms with Gasteiger partial charge in [0.05, 0.1) is 8.07 Å². The average Bonchev–Trinajstić information content (AvgIpc) is 1.76. The molecule has 2 rings (SSSR count). The molecular formula is C10H20FNSi. The fraction of sp³-hybridized carbons (Fsp3) is 1.00. The van der Waals surface area contributed by atoms with Crippen LogP contribution in [0.15, 0.2) is 0 Å². The summed E-state index contributed by atoms with van der Waals surface area (Å²) >= 11 is 0. The van der Waals surface area contributed by atoms with Gasteiger partial charge in [-0.25, -0.2) is 4.39 Å². The van der Waals surface area contributed by atoms with Crippen molar-refractivity contribution in [2.45, 2.75) is 38.7 Å². The second-order valence-corrected chi connectivity index (χ2v) is 11.6. The van der Waals surface area contributed by atoms with Gasteiger partial charge in [-0.1, -0.05) is 19.6 Å². The third-order valence-electron chi connectivity index (χ3n) is 3.12. The van der Waals surface area contributed by atoms with Crippen LogP contribution in [0, 0.1) is 5.41 Å². The van der Waals surface area contributed by atoms with Crippen molar-refractivity contribution < 1.29 is 4.39 Å². The molecule has 0 aromatic carbocycles. The minimum atomic E-state index is -0.926. The van der Waals surface area contributed by atoms with Gasteiger partial charge in [-0.15, -0.1) is 0 Å². The molecule has 76 valence electrons. The van der Waals surface area contributed by atoms with Crippen molar-refractivity contribution in [2.24, 2.45) is 5.41 Å². The maximum absolute atomic E-state index is 12.7. The second-order valence-electron chi connectivity index (χ2n) is 6.21. The van der Waals surface area contributed by atoms with E-state index in [1.54, 1.807) is 0 Å². The first-order chi connectivity index (χ1) is 5.89. The van der Waals surface area contributed by atoms with E-state index in [1.807, 2.05) is 0 Å². The number of halogens is 1. The molecule has 0 aromatic heterocycles. The fourth-order valence-electron chi connectivity index (χ4n) is 2.82. The smallest absolute Gasteiger partial charge is 0.101 e. The molecule has 1 heterocycles. The molecule has 1 aliphatic carbocycles. The molecule has 1 saturated heterocycles. The van der Waals surface area contributed by atoms with E-state index in [2.05, 4.69) is 24.5 Å². The van der Waals surface area contributed by atoms with Crippen molar-refractivity contribution in [2.75, 3.05) is 19.3 Å². The minimum absolute atomic E-state index is 0.430. The van der Waals surface area contributed by atoms with Crippen LogP contribution in [-0.4, -0.2) is 38.4 Å². The lowest BCUT2D eigenvalue weighted by Crippen LogP contribution is -2.65. The monoisotopic (exact) mass is 201 g/mol. The standard InChI is InChI=1S/C10H20FNSi/c1-13(2,3)8-12-6-10(7-12)4-9(11)5-10/h9H,4-8H2,1-3H3. The van der Waals surface area contributed by atoms with Gasteiger partial charge in [-0.05, 0) is 19.0 Å². The zero-order valence-corrected chi connectivity index (χ0v) is 9.94. The second kappa shape index (κ2) is 2.80. The summed E-state index contributed by atoms with van der Waals surface area (Å²) in [6.45, 7) is 9.56. The van der Waals surface area contributed by atoms with E-state index in [-0.39, 0.29) is 0 Å². The first-order valence-corrected chi connectivity index (χ1v) is 8.96. The molecule has 3 heteroatoms. The minimum Gasteiger partial charge on any atom is -0.305 e. The zero-order chi connectivity index (χ0) is 9.69. The van der Waals surface area contributed by atoms with E-state index in [0.717, 1.165) is 12.8 Å². The SMILES string of the molecule is C[Si](C)(C)CN1CC2(CC(F)C2)C1. The third kappa shape index (κ3) is 1.96. The highest BCUT2D eigenvalue weighted by molar-refractivity contribution is 6.76. The summed E-state index contributed by atoms with van der Waals surface area (Å²) in [5, 5.41) is 0. The van der Waals surface area contributed by atoms with Gasteiger partial charge in [0.2, 0.25) is 0 Å². The molecular weight excluding hydrogens is 181 g/mol. The quantitative estimate of drug-likeness (QED) is 0.620. The summed E-state index contributed by atoms with van der Waals surface area (Å²) < 4.78 is 12.7. The van der Waals surface area contributed by atoms with Crippen molar-refractivity contribution >= 4 is 8.07 Å². The Bertz CT molecular complexity index is 197. The van der Waals surface area contributed by atoms with Crippen LogP contribution in [0.5, 0.6) is 0 Å². The van der Waals surface area contributed by atoms with E-state index in [4.69, 9.17) is 0 Å². The molecule has 0 bridgehead atoms. The highest BCUT2D eigenvalue weighted by Crippen LogP contribution is 2.49. The highest BCUT2D eigenvalue weighted by Gasteiger charge is 2.52. The van der Waals surface area contributed by atoms with Gasteiger partial charge in [-0.2, -0.15) is 0 Å². The molecule has 0 aromatic rings. The van der Waals surface area contributed by atoms with Gasteiger partial charge in [0, 0.05) is 18.5 Å². The zero-order valence-electron chi connectivity index (χ0n) is 8.94. The number of rotatable bonds is 2. The predicted molar refractivity (Wildman–Crippen MR) is 56.3 cm³/mol. The van der Waals surface area contributed by atoms with Crippen molar-refractivity contribution in [3.8, 4) is 0 Å². The molecule has 0 radical (unpaired) electrons. The first-order valence-electron chi connectivity index (χ1n) is 5.25. The largest absolute Gasteiger partial charge is 0.305 e. The highest BCUT2D eigenvalue weighted by atomic mass is 28.3. The number of likely N-dealkylation sites (tertiary alicyclic amines) is 1. The van der Waals surface area contributed by atoms with Crippen LogP contribution < -0.4 is 0 Å². The number of nitrogens with zero attached hydrogens (tertiary/aromatic N) is 1. The van der Waals surface area contributed by atoms with E-state index in [1.165, 1.54) is 19.3 Å². The Morgan fingerprint density at radius 3 is 2.23 bits per heavy atom. The normalized spacial score (nSPS) is 28.6. The molecule has 1 saturated carbocycles. The molecule has 1 nitrogen and oxygen atoms in total. The summed E-state index contributed by atoms with van der Waals surface area (Å²) in [6.07, 6.45) is 2.50. The summed E-state index contributed by atoms with van der Waals surface area (Å²) in [4.78, 5) is 2.53. The van der Waals surface area contributed by atoms with E-state index < -0.39 is 14.2 Å². The Labute approximate surface area is 81.3 Å². The van der Waals surface area contributed by atoms with Crippen LogP contribution in [0.2, 0.25) is 19.6 Å². The van der Waals surface area contributed by atoms with Crippen LogP contribution in [-0.2, 0) is 0 Å². The summed E-state index contributed by atoms with van der Waals surface area (Å²) in [5.74, 6) is 0. The summed E-state index contributed by atoms with van der Waals surface area (Å²) in [6, 6.07) is 0. The van der Waals surface area contributed by atoms with Gasteiger partial charge in [-0.3, -0.25) is 0 Å². The van der Waals surface area contributed by atoms with Crippen molar-refractivity contribution in [3.63, 3.8) is 0 Å². The van der Waals surface area contributed by atoms with Gasteiger partial charge in [0.15, 0.2) is 0 Å². The molecule has 2 fully saturated rings. The van der Waals surface area contributed by atoms with Crippen molar-refractivity contribution in [1.29, 1.82) is 0 Å². The Balaban J connectivity index is 1.73. The van der Waals surface area contributed by atoms with Gasteiger partial charge >= 0.3 is 0 Å². The van der Waals surface area contributed by atoms with Gasteiger partial charge in [0.25, 0.3) is 0 Å². The summed E-state index contributed by atoms with van der Waals surface area (Å²) in [5.41, 5.74) is 0.430. The molecule has 0 atom stereocenters. The van der Waals surface area contributed by atoms with E-state index in [0.29, 0.717) is 5.41 Å². The maximum atomic E-state index is 12.7. The Morgan fingerprint density at radius 2 is 1.85 bits per heavy atom. The summed E-state index contributed by atoms with van der Waals surface area (Å²) in [7, 11) is -0.926. The Hall–Kier alpha value is 0.107. The van der Waals surface area contributed by atoms with Gasteiger partial charge in [0.1, 0.15) is 6.17 Å².